The van der Waals surface area contributed by atoms with Crippen LogP contribution in [0.3, 0.4) is 0 Å². The maximum atomic E-state index is 12.4. The van der Waals surface area contributed by atoms with Crippen molar-refractivity contribution in [3.63, 3.8) is 0 Å². The molecule has 0 aliphatic carbocycles. The van der Waals surface area contributed by atoms with E-state index in [0.29, 0.717) is 42.0 Å². The average Bonchev–Trinajstić information content (AvgIpc) is 3.39. The van der Waals surface area contributed by atoms with E-state index < -0.39 is 5.60 Å². The van der Waals surface area contributed by atoms with E-state index in [1.165, 1.54) is 0 Å². The Bertz CT molecular complexity index is 956. The largest absolute Gasteiger partial charge is 0.491 e. The first-order valence-corrected chi connectivity index (χ1v) is 11.1. The molecule has 0 saturated carbocycles. The first-order chi connectivity index (χ1) is 15.3. The lowest BCUT2D eigenvalue weighted by Crippen LogP contribution is -2.42. The van der Waals surface area contributed by atoms with Gasteiger partial charge in [0.15, 0.2) is 11.5 Å². The summed E-state index contributed by atoms with van der Waals surface area (Å²) >= 11 is 6.30. The van der Waals surface area contributed by atoms with Crippen molar-refractivity contribution in [3.8, 4) is 23.0 Å². The molecule has 2 aliphatic heterocycles. The summed E-state index contributed by atoms with van der Waals surface area (Å²) in [6.45, 7) is 7.24. The molecule has 0 N–H and O–H groups in total. The van der Waals surface area contributed by atoms with Crippen LogP contribution in [0.1, 0.15) is 39.2 Å². The molecule has 1 saturated heterocycles. The third-order valence-corrected chi connectivity index (χ3v) is 5.56. The molecule has 0 aromatic heterocycles. The van der Waals surface area contributed by atoms with Gasteiger partial charge in [0.2, 0.25) is 6.79 Å². The predicted octanol–water partition coefficient (Wildman–Crippen LogP) is 5.43. The highest BCUT2D eigenvalue weighted by Gasteiger charge is 2.32. The number of hydrogen-bond donors (Lipinski definition) is 0. The lowest BCUT2D eigenvalue weighted by atomic mass is 10.2. The Morgan fingerprint density at radius 3 is 2.44 bits per heavy atom. The zero-order valence-electron chi connectivity index (χ0n) is 18.6. The first kappa shape index (κ1) is 22.4. The van der Waals surface area contributed by atoms with Gasteiger partial charge in [0.05, 0.1) is 11.1 Å². The van der Waals surface area contributed by atoms with E-state index in [-0.39, 0.29) is 18.9 Å². The molecular formula is C24H28ClNO6. The van der Waals surface area contributed by atoms with E-state index in [1.807, 2.05) is 51.1 Å². The molecular weight excluding hydrogens is 434 g/mol. The lowest BCUT2D eigenvalue weighted by Gasteiger charge is -2.28. The van der Waals surface area contributed by atoms with Crippen LogP contribution in [0.2, 0.25) is 5.02 Å². The highest BCUT2D eigenvalue weighted by molar-refractivity contribution is 6.31. The zero-order chi connectivity index (χ0) is 22.7. The van der Waals surface area contributed by atoms with Crippen molar-refractivity contribution in [1.82, 2.24) is 4.90 Å². The van der Waals surface area contributed by atoms with Gasteiger partial charge < -0.3 is 28.6 Å². The van der Waals surface area contributed by atoms with Gasteiger partial charge in [-0.1, -0.05) is 11.6 Å². The topological polar surface area (TPSA) is 66.5 Å². The van der Waals surface area contributed by atoms with Crippen LogP contribution in [0.5, 0.6) is 23.0 Å². The zero-order valence-corrected chi connectivity index (χ0v) is 19.3. The van der Waals surface area contributed by atoms with E-state index in [4.69, 9.17) is 35.3 Å². The summed E-state index contributed by atoms with van der Waals surface area (Å²) in [6, 6.07) is 11.0. The van der Waals surface area contributed by atoms with Crippen LogP contribution in [0.4, 0.5) is 4.79 Å². The van der Waals surface area contributed by atoms with Gasteiger partial charge in [-0.25, -0.2) is 4.79 Å². The lowest BCUT2D eigenvalue weighted by molar-refractivity contribution is 0.0187. The van der Waals surface area contributed by atoms with Gasteiger partial charge >= 0.3 is 6.09 Å². The Labute approximate surface area is 193 Å². The normalized spacial score (nSPS) is 17.4. The fourth-order valence-corrected chi connectivity index (χ4v) is 3.83. The second kappa shape index (κ2) is 9.36. The third kappa shape index (κ3) is 5.51. The standard InChI is InChI=1S/C24H28ClNO6/c1-24(2,3)32-23(27)26-10-4-5-17(26)14-29-19-8-6-18(7-9-19)28-13-16-11-21-22(12-20(16)25)31-15-30-21/h6-9,11-12,17H,4-5,10,13-15H2,1-3H3. The molecule has 0 bridgehead atoms. The number of fused-ring (bicyclic) bond motifs is 1. The molecule has 172 valence electrons. The number of rotatable bonds is 6. The van der Waals surface area contributed by atoms with E-state index in [1.54, 1.807) is 11.0 Å². The summed E-state index contributed by atoms with van der Waals surface area (Å²) < 4.78 is 28.0. The molecule has 2 aromatic rings. The van der Waals surface area contributed by atoms with Gasteiger partial charge in [0.1, 0.15) is 30.3 Å². The summed E-state index contributed by atoms with van der Waals surface area (Å²) in [5.41, 5.74) is 0.311. The van der Waals surface area contributed by atoms with E-state index in [9.17, 15) is 4.79 Å². The third-order valence-electron chi connectivity index (χ3n) is 5.21. The smallest absolute Gasteiger partial charge is 0.410 e. The number of carbonyl (C=O) groups is 1. The number of carbonyl (C=O) groups excluding carboxylic acids is 1. The Morgan fingerprint density at radius 2 is 1.75 bits per heavy atom. The van der Waals surface area contributed by atoms with Crippen LogP contribution in [0.25, 0.3) is 0 Å². The highest BCUT2D eigenvalue weighted by atomic mass is 35.5. The molecule has 32 heavy (non-hydrogen) atoms. The Morgan fingerprint density at radius 1 is 1.09 bits per heavy atom. The second-order valence-electron chi connectivity index (χ2n) is 8.84. The fraction of sp³-hybridized carbons (Fsp3) is 0.458. The van der Waals surface area contributed by atoms with Crippen molar-refractivity contribution >= 4 is 17.7 Å². The molecule has 2 heterocycles. The fourth-order valence-electron chi connectivity index (χ4n) is 3.63. The van der Waals surface area contributed by atoms with Gasteiger partial charge in [-0.3, -0.25) is 0 Å². The van der Waals surface area contributed by atoms with Gasteiger partial charge in [-0.15, -0.1) is 0 Å². The first-order valence-electron chi connectivity index (χ1n) is 10.7. The number of likely N-dealkylation sites (tertiary alicyclic amines) is 1. The summed E-state index contributed by atoms with van der Waals surface area (Å²) in [4.78, 5) is 14.2. The van der Waals surface area contributed by atoms with Crippen molar-refractivity contribution < 1.29 is 28.5 Å². The molecule has 2 aliphatic rings. The SMILES string of the molecule is CC(C)(C)OC(=O)N1CCCC1COc1ccc(OCc2cc3c(cc2Cl)OCO3)cc1. The van der Waals surface area contributed by atoms with Crippen molar-refractivity contribution in [1.29, 1.82) is 0 Å². The van der Waals surface area contributed by atoms with Crippen molar-refractivity contribution in [2.75, 3.05) is 19.9 Å². The summed E-state index contributed by atoms with van der Waals surface area (Å²) in [6.07, 6.45) is 1.56. The van der Waals surface area contributed by atoms with Gasteiger partial charge in [-0.2, -0.15) is 0 Å². The van der Waals surface area contributed by atoms with Gasteiger partial charge in [-0.05, 0) is 63.9 Å². The maximum Gasteiger partial charge on any atom is 0.410 e. The number of halogens is 1. The molecule has 0 spiro atoms. The minimum atomic E-state index is -0.508. The number of hydrogen-bond acceptors (Lipinski definition) is 6. The number of nitrogens with zero attached hydrogens (tertiary/aromatic N) is 1. The van der Waals surface area contributed by atoms with Crippen molar-refractivity contribution in [3.05, 3.63) is 47.0 Å². The highest BCUT2D eigenvalue weighted by Crippen LogP contribution is 2.37. The van der Waals surface area contributed by atoms with E-state index in [2.05, 4.69) is 0 Å². The van der Waals surface area contributed by atoms with Crippen LogP contribution in [0, 0.1) is 0 Å². The number of ether oxygens (including phenoxy) is 5. The molecule has 4 rings (SSSR count). The predicted molar refractivity (Wildman–Crippen MR) is 120 cm³/mol. The van der Waals surface area contributed by atoms with Gasteiger partial charge in [0.25, 0.3) is 0 Å². The van der Waals surface area contributed by atoms with Crippen molar-refractivity contribution in [2.45, 2.75) is 51.9 Å². The Hall–Kier alpha value is -2.80. The van der Waals surface area contributed by atoms with Crippen LogP contribution >= 0.6 is 11.6 Å². The van der Waals surface area contributed by atoms with Gasteiger partial charge in [0, 0.05) is 18.2 Å². The molecule has 8 heteroatoms. The molecule has 0 radical (unpaired) electrons. The Balaban J connectivity index is 1.28. The second-order valence-corrected chi connectivity index (χ2v) is 9.24. The molecule has 1 fully saturated rings. The maximum absolute atomic E-state index is 12.4. The molecule has 2 aromatic carbocycles. The minimum Gasteiger partial charge on any atom is -0.491 e. The number of amides is 1. The monoisotopic (exact) mass is 461 g/mol. The average molecular weight is 462 g/mol. The molecule has 1 atom stereocenters. The van der Waals surface area contributed by atoms with Crippen LogP contribution in [0.15, 0.2) is 36.4 Å². The van der Waals surface area contributed by atoms with Crippen LogP contribution in [-0.2, 0) is 11.3 Å². The number of benzene rings is 2. The summed E-state index contributed by atoms with van der Waals surface area (Å²) in [7, 11) is 0. The molecule has 1 unspecified atom stereocenters. The molecule has 1 amide bonds. The van der Waals surface area contributed by atoms with Crippen LogP contribution in [-0.4, -0.2) is 42.6 Å². The summed E-state index contributed by atoms with van der Waals surface area (Å²) in [5, 5.41) is 0.570. The minimum absolute atomic E-state index is 0.00826. The van der Waals surface area contributed by atoms with E-state index in [0.717, 1.165) is 24.2 Å². The van der Waals surface area contributed by atoms with E-state index >= 15 is 0 Å². The Kier molecular flexibility index (Phi) is 6.55. The molecule has 7 nitrogen and oxygen atoms in total. The quantitative estimate of drug-likeness (QED) is 0.571. The van der Waals surface area contributed by atoms with Crippen molar-refractivity contribution in [2.24, 2.45) is 0 Å². The summed E-state index contributed by atoms with van der Waals surface area (Å²) in [5.74, 6) is 2.73. The van der Waals surface area contributed by atoms with Crippen LogP contribution < -0.4 is 18.9 Å².